The summed E-state index contributed by atoms with van der Waals surface area (Å²) in [5.41, 5.74) is 1.89. The second-order valence-corrected chi connectivity index (χ2v) is 6.01. The van der Waals surface area contributed by atoms with Crippen LogP contribution in [-0.2, 0) is 11.2 Å². The lowest BCUT2D eigenvalue weighted by atomic mass is 9.90. The third kappa shape index (κ3) is 2.66. The molecule has 0 atom stereocenters. The second-order valence-electron chi connectivity index (χ2n) is 6.01. The Kier molecular flexibility index (Phi) is 4.34. The Balaban J connectivity index is 2.11. The lowest BCUT2D eigenvalue weighted by Gasteiger charge is -2.27. The van der Waals surface area contributed by atoms with Crippen LogP contribution in [0, 0.1) is 0 Å². The van der Waals surface area contributed by atoms with Gasteiger partial charge in [-0.05, 0) is 35.9 Å². The molecule has 0 saturated heterocycles. The van der Waals surface area contributed by atoms with Crippen molar-refractivity contribution in [2.24, 2.45) is 0 Å². The summed E-state index contributed by atoms with van der Waals surface area (Å²) >= 11 is 0. The molecule has 0 aromatic heterocycles. The van der Waals surface area contributed by atoms with E-state index in [1.54, 1.807) is 24.3 Å². The van der Waals surface area contributed by atoms with Gasteiger partial charge in [-0.25, -0.2) is 0 Å². The molecule has 3 rings (SSSR count). The Morgan fingerprint density at radius 3 is 2.46 bits per heavy atom. The number of carboxylic acids is 1. The summed E-state index contributed by atoms with van der Waals surface area (Å²) in [7, 11) is 0. The highest BCUT2D eigenvalue weighted by Crippen LogP contribution is 2.32. The van der Waals surface area contributed by atoms with Crippen LogP contribution in [0.15, 0.2) is 30.3 Å². The van der Waals surface area contributed by atoms with Crippen molar-refractivity contribution in [3.63, 3.8) is 0 Å². The molecule has 1 aliphatic rings. The normalized spacial score (nSPS) is 13.6. The van der Waals surface area contributed by atoms with Gasteiger partial charge in [0.2, 0.25) is 0 Å². The average Bonchev–Trinajstić information content (AvgIpc) is 2.57. The molecular weight excluding hydrogens is 306 g/mol. The molecule has 2 amide bonds. The Labute approximate surface area is 139 Å². The lowest BCUT2D eigenvalue weighted by Crippen LogP contribution is -2.40. The van der Waals surface area contributed by atoms with E-state index in [1.807, 2.05) is 13.0 Å². The average molecular weight is 325 g/mol. The van der Waals surface area contributed by atoms with Gasteiger partial charge in [-0.2, -0.15) is 0 Å². The fourth-order valence-electron chi connectivity index (χ4n) is 3.19. The van der Waals surface area contributed by atoms with Crippen molar-refractivity contribution in [1.82, 2.24) is 4.90 Å². The number of carbonyl (C=O) groups is 3. The largest absolute Gasteiger partial charge is 0.481 e. The molecule has 0 radical (unpaired) electrons. The molecule has 0 spiro atoms. The Morgan fingerprint density at radius 2 is 1.79 bits per heavy atom. The molecule has 1 N–H and O–H groups in total. The van der Waals surface area contributed by atoms with Crippen LogP contribution in [0.2, 0.25) is 0 Å². The van der Waals surface area contributed by atoms with Gasteiger partial charge in [0.25, 0.3) is 11.8 Å². The van der Waals surface area contributed by atoms with Crippen LogP contribution in [0.4, 0.5) is 0 Å². The maximum Gasteiger partial charge on any atom is 0.303 e. The first-order valence-electron chi connectivity index (χ1n) is 8.17. The molecule has 0 saturated carbocycles. The van der Waals surface area contributed by atoms with Gasteiger partial charge >= 0.3 is 5.97 Å². The Hall–Kier alpha value is -2.69. The van der Waals surface area contributed by atoms with Crippen LogP contribution in [0.5, 0.6) is 0 Å². The summed E-state index contributed by atoms with van der Waals surface area (Å²) in [6.07, 6.45) is 2.07. The number of aliphatic carboxylic acids is 1. The van der Waals surface area contributed by atoms with E-state index in [2.05, 4.69) is 0 Å². The van der Waals surface area contributed by atoms with Gasteiger partial charge in [0.15, 0.2) is 0 Å². The SMILES string of the molecule is CCCCN1C(=O)c2cccc3c(CCC(=O)O)ccc(c23)C1=O. The van der Waals surface area contributed by atoms with Crippen LogP contribution in [0.25, 0.3) is 10.8 Å². The lowest BCUT2D eigenvalue weighted by molar-refractivity contribution is -0.136. The first kappa shape index (κ1) is 16.2. The monoisotopic (exact) mass is 325 g/mol. The zero-order valence-electron chi connectivity index (χ0n) is 13.5. The highest BCUT2D eigenvalue weighted by molar-refractivity contribution is 6.25. The molecule has 0 unspecified atom stereocenters. The summed E-state index contributed by atoms with van der Waals surface area (Å²) in [5.74, 6) is -1.39. The number of rotatable bonds is 6. The molecule has 5 heteroatoms. The zero-order valence-corrected chi connectivity index (χ0v) is 13.5. The summed E-state index contributed by atoms with van der Waals surface area (Å²) in [5, 5.41) is 10.3. The van der Waals surface area contributed by atoms with E-state index in [4.69, 9.17) is 5.11 Å². The predicted molar refractivity (Wildman–Crippen MR) is 90.2 cm³/mol. The number of hydrogen-bond acceptors (Lipinski definition) is 3. The van der Waals surface area contributed by atoms with E-state index < -0.39 is 5.97 Å². The third-order valence-corrected chi connectivity index (χ3v) is 4.43. The zero-order chi connectivity index (χ0) is 17.3. The number of unbranched alkanes of at least 4 members (excludes halogenated alkanes) is 1. The molecule has 0 fully saturated rings. The van der Waals surface area contributed by atoms with Gasteiger partial charge in [0.05, 0.1) is 0 Å². The summed E-state index contributed by atoms with van der Waals surface area (Å²) in [4.78, 5) is 37.6. The maximum absolute atomic E-state index is 12.7. The topological polar surface area (TPSA) is 74.7 Å². The smallest absolute Gasteiger partial charge is 0.303 e. The molecule has 2 aromatic rings. The van der Waals surface area contributed by atoms with Crippen molar-refractivity contribution in [3.8, 4) is 0 Å². The number of nitrogens with zero attached hydrogens (tertiary/aromatic N) is 1. The quantitative estimate of drug-likeness (QED) is 0.827. The van der Waals surface area contributed by atoms with Gasteiger partial charge in [0, 0.05) is 29.5 Å². The predicted octanol–water partition coefficient (Wildman–Crippen LogP) is 3.25. The van der Waals surface area contributed by atoms with Crippen molar-refractivity contribution in [2.75, 3.05) is 6.54 Å². The minimum Gasteiger partial charge on any atom is -0.481 e. The standard InChI is InChI=1S/C19H19NO4/c1-2-3-11-20-18(23)14-6-4-5-13-12(8-10-16(21)22)7-9-15(17(13)14)19(20)24/h4-7,9H,2-3,8,10-11H2,1H3,(H,21,22). The highest BCUT2D eigenvalue weighted by atomic mass is 16.4. The molecule has 124 valence electrons. The number of imide groups is 1. The minimum atomic E-state index is -0.867. The number of amides is 2. The second kappa shape index (κ2) is 6.43. The van der Waals surface area contributed by atoms with Gasteiger partial charge in [-0.1, -0.05) is 31.5 Å². The van der Waals surface area contributed by atoms with Crippen LogP contribution < -0.4 is 0 Å². The summed E-state index contributed by atoms with van der Waals surface area (Å²) in [6.45, 7) is 2.44. The molecule has 0 aliphatic carbocycles. The Bertz CT molecular complexity index is 818. The maximum atomic E-state index is 12.7. The van der Waals surface area contributed by atoms with Crippen LogP contribution >= 0.6 is 0 Å². The van der Waals surface area contributed by atoms with E-state index in [-0.39, 0.29) is 18.2 Å². The summed E-state index contributed by atoms with van der Waals surface area (Å²) in [6, 6.07) is 8.90. The minimum absolute atomic E-state index is 0.0171. The summed E-state index contributed by atoms with van der Waals surface area (Å²) < 4.78 is 0. The van der Waals surface area contributed by atoms with Crippen molar-refractivity contribution >= 4 is 28.6 Å². The van der Waals surface area contributed by atoms with Crippen molar-refractivity contribution in [2.45, 2.75) is 32.6 Å². The van der Waals surface area contributed by atoms with Crippen molar-refractivity contribution in [3.05, 3.63) is 47.0 Å². The van der Waals surface area contributed by atoms with E-state index in [1.165, 1.54) is 4.90 Å². The number of carboxylic acid groups (broad SMARTS) is 1. The highest BCUT2D eigenvalue weighted by Gasteiger charge is 2.32. The molecule has 1 aliphatic heterocycles. The number of aryl methyl sites for hydroxylation is 1. The number of carbonyl (C=O) groups excluding carboxylic acids is 2. The fraction of sp³-hybridized carbons (Fsp3) is 0.316. The molecular formula is C19H19NO4. The van der Waals surface area contributed by atoms with Crippen LogP contribution in [-0.4, -0.2) is 34.3 Å². The van der Waals surface area contributed by atoms with Gasteiger partial charge in [-0.3, -0.25) is 19.3 Å². The van der Waals surface area contributed by atoms with E-state index in [0.717, 1.165) is 23.8 Å². The Morgan fingerprint density at radius 1 is 1.08 bits per heavy atom. The van der Waals surface area contributed by atoms with Crippen molar-refractivity contribution in [1.29, 1.82) is 0 Å². The van der Waals surface area contributed by atoms with Crippen molar-refractivity contribution < 1.29 is 19.5 Å². The number of benzene rings is 2. The third-order valence-electron chi connectivity index (χ3n) is 4.43. The van der Waals surface area contributed by atoms with Gasteiger partial charge < -0.3 is 5.11 Å². The van der Waals surface area contributed by atoms with Gasteiger partial charge in [0.1, 0.15) is 0 Å². The first-order chi connectivity index (χ1) is 11.5. The fourth-order valence-corrected chi connectivity index (χ4v) is 3.19. The van der Waals surface area contributed by atoms with E-state index in [0.29, 0.717) is 29.5 Å². The molecule has 0 bridgehead atoms. The van der Waals surface area contributed by atoms with E-state index in [9.17, 15) is 14.4 Å². The first-order valence-corrected chi connectivity index (χ1v) is 8.17. The molecule has 24 heavy (non-hydrogen) atoms. The molecule has 1 heterocycles. The molecule has 2 aromatic carbocycles. The van der Waals surface area contributed by atoms with E-state index >= 15 is 0 Å². The molecule has 5 nitrogen and oxygen atoms in total. The van der Waals surface area contributed by atoms with Crippen LogP contribution in [0.1, 0.15) is 52.5 Å². The van der Waals surface area contributed by atoms with Crippen LogP contribution in [0.3, 0.4) is 0 Å². The van der Waals surface area contributed by atoms with Gasteiger partial charge in [-0.15, -0.1) is 0 Å². The number of hydrogen-bond donors (Lipinski definition) is 1.